The maximum absolute atomic E-state index is 12.2. The highest BCUT2D eigenvalue weighted by atomic mass is 35.5. The minimum absolute atomic E-state index is 0.194. The van der Waals surface area contributed by atoms with Crippen molar-refractivity contribution in [3.63, 3.8) is 0 Å². The zero-order valence-electron chi connectivity index (χ0n) is 12.9. The maximum Gasteiger partial charge on any atom is 0.291 e. The lowest BCUT2D eigenvalue weighted by Crippen LogP contribution is -2.10. The van der Waals surface area contributed by atoms with Crippen molar-refractivity contribution in [2.45, 2.75) is 0 Å². The van der Waals surface area contributed by atoms with Crippen LogP contribution in [0.3, 0.4) is 0 Å². The van der Waals surface area contributed by atoms with Crippen molar-refractivity contribution in [3.05, 3.63) is 65.4 Å². The molecule has 1 aromatic heterocycles. The van der Waals surface area contributed by atoms with Gasteiger partial charge in [-0.25, -0.2) is 0 Å². The Labute approximate surface area is 144 Å². The second-order valence-electron chi connectivity index (χ2n) is 5.09. The average Bonchev–Trinajstić information content (AvgIpc) is 3.05. The van der Waals surface area contributed by atoms with E-state index in [0.717, 1.165) is 5.56 Å². The predicted octanol–water partition coefficient (Wildman–Crippen LogP) is 4.44. The lowest BCUT2D eigenvalue weighted by molar-refractivity contribution is 0.0997. The minimum atomic E-state index is -0.355. The molecule has 1 heterocycles. The van der Waals surface area contributed by atoms with Gasteiger partial charge in [-0.05, 0) is 48.5 Å². The Morgan fingerprint density at radius 1 is 1.17 bits per heavy atom. The van der Waals surface area contributed by atoms with Crippen LogP contribution in [-0.4, -0.2) is 13.0 Å². The number of hydrogen-bond donors (Lipinski definition) is 2. The van der Waals surface area contributed by atoms with Crippen molar-refractivity contribution in [2.75, 3.05) is 18.2 Å². The molecule has 3 N–H and O–H groups in total. The summed E-state index contributed by atoms with van der Waals surface area (Å²) >= 11 is 6.11. The van der Waals surface area contributed by atoms with Gasteiger partial charge in [0.2, 0.25) is 0 Å². The van der Waals surface area contributed by atoms with Gasteiger partial charge in [-0.15, -0.1) is 0 Å². The first kappa shape index (κ1) is 16.0. The fourth-order valence-electron chi connectivity index (χ4n) is 2.24. The summed E-state index contributed by atoms with van der Waals surface area (Å²) in [4.78, 5) is 12.2. The summed E-state index contributed by atoms with van der Waals surface area (Å²) < 4.78 is 10.7. The Balaban J connectivity index is 1.80. The van der Waals surface area contributed by atoms with E-state index in [-0.39, 0.29) is 11.7 Å². The van der Waals surface area contributed by atoms with E-state index in [1.807, 2.05) is 6.07 Å². The molecule has 0 spiro atoms. The molecular formula is C18H15ClN2O3. The first-order valence-corrected chi connectivity index (χ1v) is 7.55. The summed E-state index contributed by atoms with van der Waals surface area (Å²) in [5.74, 6) is 0.953. The van der Waals surface area contributed by atoms with Gasteiger partial charge in [-0.3, -0.25) is 4.79 Å². The third-order valence-electron chi connectivity index (χ3n) is 3.41. The number of benzene rings is 2. The molecule has 3 aromatic rings. The molecule has 5 nitrogen and oxygen atoms in total. The van der Waals surface area contributed by atoms with E-state index in [4.69, 9.17) is 26.5 Å². The molecule has 0 fully saturated rings. The molecule has 6 heteroatoms. The fourth-order valence-corrected chi connectivity index (χ4v) is 2.50. The van der Waals surface area contributed by atoms with Gasteiger partial charge in [0.25, 0.3) is 5.91 Å². The van der Waals surface area contributed by atoms with Gasteiger partial charge in [0.1, 0.15) is 11.5 Å². The molecule has 0 aliphatic carbocycles. The molecule has 0 aliphatic heterocycles. The molecule has 122 valence electrons. The normalized spacial score (nSPS) is 10.4. The zero-order valence-corrected chi connectivity index (χ0v) is 13.6. The standard InChI is InChI=1S/C18H15ClN2O3/c1-23-16-6-5-11(9-14(16)19)15-7-8-17(24-15)18(22)21-13-4-2-3-12(20)10-13/h2-10H,20H2,1H3,(H,21,22). The van der Waals surface area contributed by atoms with Gasteiger partial charge in [0.15, 0.2) is 5.76 Å². The number of carbonyl (C=O) groups is 1. The SMILES string of the molecule is COc1ccc(-c2ccc(C(=O)Nc3cccc(N)c3)o2)cc1Cl. The number of anilines is 2. The van der Waals surface area contributed by atoms with Gasteiger partial charge in [0, 0.05) is 16.9 Å². The molecule has 0 unspecified atom stereocenters. The van der Waals surface area contributed by atoms with Crippen LogP contribution in [0.15, 0.2) is 59.0 Å². The average molecular weight is 343 g/mol. The smallest absolute Gasteiger partial charge is 0.291 e. The fraction of sp³-hybridized carbons (Fsp3) is 0.0556. The molecule has 0 aliphatic rings. The number of hydrogen-bond acceptors (Lipinski definition) is 4. The van der Waals surface area contributed by atoms with Crippen molar-refractivity contribution in [3.8, 4) is 17.1 Å². The Bertz CT molecular complexity index is 889. The van der Waals surface area contributed by atoms with E-state index in [1.165, 1.54) is 0 Å². The highest BCUT2D eigenvalue weighted by Gasteiger charge is 2.13. The summed E-state index contributed by atoms with van der Waals surface area (Å²) in [6, 6.07) is 15.5. The number of rotatable bonds is 4. The molecule has 0 bridgehead atoms. The first-order chi connectivity index (χ1) is 11.6. The number of halogens is 1. The molecule has 0 atom stereocenters. The Kier molecular flexibility index (Phi) is 4.44. The van der Waals surface area contributed by atoms with Gasteiger partial charge in [-0.1, -0.05) is 17.7 Å². The molecule has 0 saturated heterocycles. The zero-order chi connectivity index (χ0) is 17.1. The lowest BCUT2D eigenvalue weighted by Gasteiger charge is -2.05. The number of methoxy groups -OCH3 is 1. The Morgan fingerprint density at radius 3 is 2.71 bits per heavy atom. The van der Waals surface area contributed by atoms with Crippen molar-refractivity contribution in [1.29, 1.82) is 0 Å². The largest absolute Gasteiger partial charge is 0.495 e. The van der Waals surface area contributed by atoms with Crippen LogP contribution in [0.25, 0.3) is 11.3 Å². The summed E-state index contributed by atoms with van der Waals surface area (Å²) in [7, 11) is 1.55. The van der Waals surface area contributed by atoms with Crippen molar-refractivity contribution in [1.82, 2.24) is 0 Å². The van der Waals surface area contributed by atoms with Crippen molar-refractivity contribution in [2.24, 2.45) is 0 Å². The topological polar surface area (TPSA) is 77.5 Å². The summed E-state index contributed by atoms with van der Waals surface area (Å²) in [5.41, 5.74) is 7.62. The number of furan rings is 1. The third kappa shape index (κ3) is 3.36. The number of nitrogens with two attached hydrogens (primary N) is 1. The molecule has 1 amide bonds. The number of amides is 1. The Hall–Kier alpha value is -2.92. The second kappa shape index (κ2) is 6.68. The van der Waals surface area contributed by atoms with Crippen LogP contribution in [0, 0.1) is 0 Å². The third-order valence-corrected chi connectivity index (χ3v) is 3.71. The number of nitrogen functional groups attached to an aromatic ring is 1. The van der Waals surface area contributed by atoms with E-state index in [2.05, 4.69) is 5.32 Å². The van der Waals surface area contributed by atoms with Crippen LogP contribution in [0.2, 0.25) is 5.02 Å². The van der Waals surface area contributed by atoms with Crippen LogP contribution in [0.5, 0.6) is 5.75 Å². The number of carbonyl (C=O) groups excluding carboxylic acids is 1. The monoisotopic (exact) mass is 342 g/mol. The molecule has 2 aromatic carbocycles. The molecule has 3 rings (SSSR count). The maximum atomic E-state index is 12.2. The lowest BCUT2D eigenvalue weighted by atomic mass is 10.2. The van der Waals surface area contributed by atoms with Crippen LogP contribution >= 0.6 is 11.6 Å². The van der Waals surface area contributed by atoms with E-state index in [0.29, 0.717) is 27.9 Å². The molecule has 0 saturated carbocycles. The highest BCUT2D eigenvalue weighted by Crippen LogP contribution is 2.31. The number of nitrogens with one attached hydrogen (secondary N) is 1. The van der Waals surface area contributed by atoms with E-state index in [1.54, 1.807) is 55.6 Å². The number of ether oxygens (including phenoxy) is 1. The van der Waals surface area contributed by atoms with Gasteiger partial charge < -0.3 is 20.2 Å². The van der Waals surface area contributed by atoms with E-state index in [9.17, 15) is 4.79 Å². The highest BCUT2D eigenvalue weighted by molar-refractivity contribution is 6.32. The summed E-state index contributed by atoms with van der Waals surface area (Å²) in [5, 5.41) is 3.20. The van der Waals surface area contributed by atoms with Crippen molar-refractivity contribution >= 4 is 28.9 Å². The molecule has 0 radical (unpaired) electrons. The Morgan fingerprint density at radius 2 is 2.00 bits per heavy atom. The quantitative estimate of drug-likeness (QED) is 0.687. The summed E-state index contributed by atoms with van der Waals surface area (Å²) in [6.07, 6.45) is 0. The minimum Gasteiger partial charge on any atom is -0.495 e. The summed E-state index contributed by atoms with van der Waals surface area (Å²) in [6.45, 7) is 0. The van der Waals surface area contributed by atoms with Crippen LogP contribution in [0.1, 0.15) is 10.6 Å². The predicted molar refractivity (Wildman–Crippen MR) is 94.5 cm³/mol. The molecule has 24 heavy (non-hydrogen) atoms. The second-order valence-corrected chi connectivity index (χ2v) is 5.50. The van der Waals surface area contributed by atoms with Gasteiger partial charge >= 0.3 is 0 Å². The van der Waals surface area contributed by atoms with Crippen LogP contribution < -0.4 is 15.8 Å². The van der Waals surface area contributed by atoms with Gasteiger partial charge in [0.05, 0.1) is 12.1 Å². The van der Waals surface area contributed by atoms with Crippen molar-refractivity contribution < 1.29 is 13.9 Å². The van der Waals surface area contributed by atoms with E-state index >= 15 is 0 Å². The molecular weight excluding hydrogens is 328 g/mol. The van der Waals surface area contributed by atoms with Crippen LogP contribution in [-0.2, 0) is 0 Å². The van der Waals surface area contributed by atoms with E-state index < -0.39 is 0 Å². The van der Waals surface area contributed by atoms with Gasteiger partial charge in [-0.2, -0.15) is 0 Å². The first-order valence-electron chi connectivity index (χ1n) is 7.17. The van der Waals surface area contributed by atoms with Crippen LogP contribution in [0.4, 0.5) is 11.4 Å².